The maximum atomic E-state index is 5.27. The lowest BCUT2D eigenvalue weighted by molar-refractivity contribution is 1.17. The van der Waals surface area contributed by atoms with E-state index >= 15 is 0 Å². The Morgan fingerprint density at radius 3 is 1.86 bits per heavy atom. The first-order valence-corrected chi connectivity index (χ1v) is 14.3. The van der Waals surface area contributed by atoms with E-state index in [-0.39, 0.29) is 0 Å². The predicted octanol–water partition coefficient (Wildman–Crippen LogP) is 10.1. The Morgan fingerprint density at radius 2 is 1.07 bits per heavy atom. The summed E-state index contributed by atoms with van der Waals surface area (Å²) in [6.45, 7) is 0. The number of pyridine rings is 2. The van der Waals surface area contributed by atoms with Gasteiger partial charge in [-0.05, 0) is 41.3 Å². The predicted molar refractivity (Wildman–Crippen MR) is 175 cm³/mol. The van der Waals surface area contributed by atoms with Crippen LogP contribution in [0.2, 0.25) is 0 Å². The first-order valence-electron chi connectivity index (χ1n) is 14.3. The van der Waals surface area contributed by atoms with Gasteiger partial charge in [-0.2, -0.15) is 0 Å². The van der Waals surface area contributed by atoms with Crippen LogP contribution in [0.4, 0.5) is 0 Å². The molecule has 0 unspecified atom stereocenters. The van der Waals surface area contributed by atoms with Crippen LogP contribution in [0.3, 0.4) is 0 Å². The van der Waals surface area contributed by atoms with Crippen LogP contribution in [-0.2, 0) is 0 Å². The van der Waals surface area contributed by atoms with E-state index in [0.29, 0.717) is 0 Å². The van der Waals surface area contributed by atoms with Gasteiger partial charge in [0.25, 0.3) is 0 Å². The van der Waals surface area contributed by atoms with Gasteiger partial charge < -0.3 is 8.97 Å². The Labute approximate surface area is 242 Å². The third kappa shape index (κ3) is 3.19. The molecule has 0 aliphatic rings. The summed E-state index contributed by atoms with van der Waals surface area (Å²) in [5.41, 5.74) is 10.3. The second-order valence-electron chi connectivity index (χ2n) is 10.8. The highest BCUT2D eigenvalue weighted by molar-refractivity contribution is 6.22. The first kappa shape index (κ1) is 23.1. The van der Waals surface area contributed by atoms with Crippen molar-refractivity contribution in [1.82, 2.24) is 14.0 Å². The standard InChI is InChI=1S/C39H25N3/c1-3-13-26(14-4-1)33-25-40-37(30-19-8-7-17-28(30)33)36-32-20-10-11-21-34(32)41-24-23-31-29-18-9-12-22-35(29)42(38(31)39(36)41)27-15-5-2-6-16-27/h1-25H. The summed E-state index contributed by atoms with van der Waals surface area (Å²) in [7, 11) is 0. The van der Waals surface area contributed by atoms with E-state index in [1.54, 1.807) is 0 Å². The molecule has 3 nitrogen and oxygen atoms in total. The first-order chi connectivity index (χ1) is 20.9. The zero-order valence-electron chi connectivity index (χ0n) is 22.8. The van der Waals surface area contributed by atoms with Crippen molar-refractivity contribution in [3.05, 3.63) is 152 Å². The monoisotopic (exact) mass is 535 g/mol. The Morgan fingerprint density at radius 1 is 0.452 bits per heavy atom. The zero-order valence-corrected chi connectivity index (χ0v) is 22.8. The molecule has 0 spiro atoms. The van der Waals surface area contributed by atoms with Crippen molar-refractivity contribution in [3.8, 4) is 28.1 Å². The number of para-hydroxylation sites is 3. The topological polar surface area (TPSA) is 22.2 Å². The van der Waals surface area contributed by atoms with Gasteiger partial charge in [-0.1, -0.05) is 109 Å². The molecule has 4 aromatic heterocycles. The van der Waals surface area contributed by atoms with Crippen LogP contribution < -0.4 is 0 Å². The lowest BCUT2D eigenvalue weighted by atomic mass is 9.96. The fourth-order valence-electron chi connectivity index (χ4n) is 6.79. The third-order valence-corrected chi connectivity index (χ3v) is 8.57. The van der Waals surface area contributed by atoms with E-state index in [9.17, 15) is 0 Å². The van der Waals surface area contributed by atoms with Crippen LogP contribution in [0.15, 0.2) is 152 Å². The number of aromatic nitrogens is 3. The van der Waals surface area contributed by atoms with Crippen LogP contribution in [0, 0.1) is 0 Å². The molecule has 4 heterocycles. The summed E-state index contributed by atoms with van der Waals surface area (Å²) >= 11 is 0. The molecule has 0 amide bonds. The highest BCUT2D eigenvalue weighted by Crippen LogP contribution is 2.44. The molecule has 42 heavy (non-hydrogen) atoms. The second kappa shape index (κ2) is 8.92. The van der Waals surface area contributed by atoms with E-state index in [1.807, 2.05) is 0 Å². The van der Waals surface area contributed by atoms with Crippen molar-refractivity contribution < 1.29 is 0 Å². The summed E-state index contributed by atoms with van der Waals surface area (Å²) in [5, 5.41) is 6.02. The van der Waals surface area contributed by atoms with Gasteiger partial charge in [0.15, 0.2) is 0 Å². The molecule has 0 bridgehead atoms. The minimum atomic E-state index is 1.00. The fourth-order valence-corrected chi connectivity index (χ4v) is 6.79. The minimum absolute atomic E-state index is 1.00. The molecular weight excluding hydrogens is 510 g/mol. The molecule has 9 rings (SSSR count). The SMILES string of the molecule is c1ccc(-c2cnc(-c3c4ccccc4n4ccc5c6ccccc6n(-c6ccccc6)c5c34)c3ccccc23)cc1. The molecule has 0 aliphatic heterocycles. The van der Waals surface area contributed by atoms with Crippen molar-refractivity contribution >= 4 is 49.0 Å². The molecule has 196 valence electrons. The zero-order chi connectivity index (χ0) is 27.6. The average Bonchev–Trinajstić information content (AvgIpc) is 3.58. The molecule has 5 aromatic carbocycles. The summed E-state index contributed by atoms with van der Waals surface area (Å²) < 4.78 is 4.77. The molecule has 3 heteroatoms. The molecule has 0 saturated carbocycles. The van der Waals surface area contributed by atoms with Crippen LogP contribution in [0.25, 0.3) is 77.1 Å². The Hall–Kier alpha value is -5.67. The van der Waals surface area contributed by atoms with Crippen LogP contribution in [-0.4, -0.2) is 14.0 Å². The molecule has 0 N–H and O–H groups in total. The van der Waals surface area contributed by atoms with Crippen LogP contribution in [0.1, 0.15) is 0 Å². The highest BCUT2D eigenvalue weighted by Gasteiger charge is 2.23. The Kier molecular flexibility index (Phi) is 4.90. The quantitative estimate of drug-likeness (QED) is 0.221. The normalized spacial score (nSPS) is 11.8. The summed E-state index contributed by atoms with van der Waals surface area (Å²) in [6, 6.07) is 49.6. The number of benzene rings is 5. The second-order valence-corrected chi connectivity index (χ2v) is 10.8. The van der Waals surface area contributed by atoms with Crippen molar-refractivity contribution in [3.63, 3.8) is 0 Å². The van der Waals surface area contributed by atoms with E-state index in [1.165, 1.54) is 49.2 Å². The van der Waals surface area contributed by atoms with E-state index < -0.39 is 0 Å². The Bertz CT molecular complexity index is 2450. The number of hydrogen-bond acceptors (Lipinski definition) is 1. The van der Waals surface area contributed by atoms with Gasteiger partial charge in [-0.15, -0.1) is 0 Å². The molecule has 9 aromatic rings. The van der Waals surface area contributed by atoms with E-state index in [2.05, 4.69) is 161 Å². The van der Waals surface area contributed by atoms with Gasteiger partial charge >= 0.3 is 0 Å². The van der Waals surface area contributed by atoms with Crippen LogP contribution >= 0.6 is 0 Å². The largest absolute Gasteiger partial charge is 0.314 e. The molecule has 0 saturated heterocycles. The van der Waals surface area contributed by atoms with Gasteiger partial charge in [-0.25, -0.2) is 0 Å². The smallest absolute Gasteiger partial charge is 0.0809 e. The summed E-state index contributed by atoms with van der Waals surface area (Å²) in [6.07, 6.45) is 4.28. The lowest BCUT2D eigenvalue weighted by Gasteiger charge is -2.13. The molecular formula is C39H25N3. The summed E-state index contributed by atoms with van der Waals surface area (Å²) in [4.78, 5) is 5.27. The van der Waals surface area contributed by atoms with Crippen molar-refractivity contribution in [1.29, 1.82) is 0 Å². The maximum Gasteiger partial charge on any atom is 0.0809 e. The Balaban J connectivity index is 1.50. The van der Waals surface area contributed by atoms with Gasteiger partial charge in [0.05, 0.1) is 27.8 Å². The number of rotatable bonds is 3. The van der Waals surface area contributed by atoms with Crippen molar-refractivity contribution in [2.24, 2.45) is 0 Å². The van der Waals surface area contributed by atoms with E-state index in [4.69, 9.17) is 4.98 Å². The van der Waals surface area contributed by atoms with Gasteiger partial charge in [0, 0.05) is 50.8 Å². The van der Waals surface area contributed by atoms with Gasteiger partial charge in [0.2, 0.25) is 0 Å². The highest BCUT2D eigenvalue weighted by atomic mass is 15.0. The maximum absolute atomic E-state index is 5.27. The minimum Gasteiger partial charge on any atom is -0.314 e. The van der Waals surface area contributed by atoms with E-state index in [0.717, 1.165) is 27.9 Å². The third-order valence-electron chi connectivity index (χ3n) is 8.57. The molecule has 0 atom stereocenters. The average molecular weight is 536 g/mol. The molecule has 0 radical (unpaired) electrons. The lowest BCUT2D eigenvalue weighted by Crippen LogP contribution is -1.96. The number of hydrogen-bond donors (Lipinski definition) is 0. The van der Waals surface area contributed by atoms with Crippen molar-refractivity contribution in [2.75, 3.05) is 0 Å². The summed E-state index contributed by atoms with van der Waals surface area (Å²) in [5.74, 6) is 0. The number of nitrogens with zero attached hydrogens (tertiary/aromatic N) is 3. The van der Waals surface area contributed by atoms with Crippen molar-refractivity contribution in [2.45, 2.75) is 0 Å². The molecule has 0 fully saturated rings. The van der Waals surface area contributed by atoms with Crippen LogP contribution in [0.5, 0.6) is 0 Å². The fraction of sp³-hybridized carbons (Fsp3) is 0. The number of fused-ring (bicyclic) bond motifs is 8. The van der Waals surface area contributed by atoms with Gasteiger partial charge in [-0.3, -0.25) is 4.98 Å². The molecule has 0 aliphatic carbocycles. The van der Waals surface area contributed by atoms with Gasteiger partial charge in [0.1, 0.15) is 0 Å².